The fourth-order valence-corrected chi connectivity index (χ4v) is 2.54. The zero-order valence-electron chi connectivity index (χ0n) is 13.9. The maximum absolute atomic E-state index is 10.9. The third-order valence-corrected chi connectivity index (χ3v) is 3.96. The van der Waals surface area contributed by atoms with E-state index in [1.165, 1.54) is 24.4 Å². The fraction of sp³-hybridized carbons (Fsp3) is 0. The van der Waals surface area contributed by atoms with Crippen LogP contribution in [0.3, 0.4) is 0 Å². The van der Waals surface area contributed by atoms with Crippen LogP contribution in [0.4, 0.5) is 0 Å². The van der Waals surface area contributed by atoms with Gasteiger partial charge in [0, 0.05) is 5.56 Å². The molecule has 0 aliphatic heterocycles. The number of rotatable bonds is 2. The molecule has 0 bridgehead atoms. The standard InChI is InChI=1S/C9H4Cl2N2O.C9H6N2O3/c10-8-4-12-7-3-5(9(11)14)1-2-6(7)13-8;12-8-4-10-7-3-5(9(13)14)1-2-6(7)11-8/h1-4H;1-4H,(H,11,12)(H,13,14). The Hall–Kier alpha value is -3.36. The number of aromatic amines is 1. The van der Waals surface area contributed by atoms with Crippen LogP contribution < -0.4 is 5.56 Å². The van der Waals surface area contributed by atoms with Gasteiger partial charge in [0.1, 0.15) is 5.15 Å². The number of halogens is 2. The smallest absolute Gasteiger partial charge is 0.335 e. The predicted octanol–water partition coefficient (Wildman–Crippen LogP) is 3.28. The average Bonchev–Trinajstić information content (AvgIpc) is 2.67. The molecule has 0 unspecified atom stereocenters. The highest BCUT2D eigenvalue weighted by Crippen LogP contribution is 2.15. The molecule has 0 saturated heterocycles. The first-order valence-corrected chi connectivity index (χ1v) is 8.43. The number of nitrogens with zero attached hydrogens (tertiary/aromatic N) is 3. The summed E-state index contributed by atoms with van der Waals surface area (Å²) < 4.78 is 0. The second-order valence-electron chi connectivity index (χ2n) is 5.45. The Labute approximate surface area is 166 Å². The Kier molecular flexibility index (Phi) is 5.62. The molecule has 0 radical (unpaired) electrons. The number of aromatic carboxylic acids is 1. The van der Waals surface area contributed by atoms with Crippen molar-refractivity contribution in [2.24, 2.45) is 0 Å². The van der Waals surface area contributed by atoms with Gasteiger partial charge in [-0.25, -0.2) is 14.8 Å². The number of carboxylic acid groups (broad SMARTS) is 1. The summed E-state index contributed by atoms with van der Waals surface area (Å²) in [5.41, 5.74) is 2.47. The third kappa shape index (κ3) is 4.48. The average molecular weight is 417 g/mol. The number of H-pyrrole nitrogens is 1. The van der Waals surface area contributed by atoms with Crippen LogP contribution in [0.1, 0.15) is 20.7 Å². The van der Waals surface area contributed by atoms with E-state index >= 15 is 0 Å². The summed E-state index contributed by atoms with van der Waals surface area (Å²) in [7, 11) is 0. The first kappa shape index (κ1) is 19.4. The molecule has 28 heavy (non-hydrogen) atoms. The summed E-state index contributed by atoms with van der Waals surface area (Å²) in [5.74, 6) is -1.01. The number of carboxylic acids is 1. The van der Waals surface area contributed by atoms with Gasteiger partial charge in [-0.15, -0.1) is 0 Å². The molecule has 0 fully saturated rings. The molecule has 0 aliphatic carbocycles. The monoisotopic (exact) mass is 416 g/mol. The maximum Gasteiger partial charge on any atom is 0.335 e. The molecule has 0 spiro atoms. The Morgan fingerprint density at radius 2 is 1.61 bits per heavy atom. The Morgan fingerprint density at radius 1 is 0.929 bits per heavy atom. The van der Waals surface area contributed by atoms with Gasteiger partial charge in [-0.1, -0.05) is 11.6 Å². The number of nitrogens with one attached hydrogen (secondary N) is 1. The Morgan fingerprint density at radius 3 is 2.32 bits per heavy atom. The van der Waals surface area contributed by atoms with Gasteiger partial charge in [0.2, 0.25) is 0 Å². The van der Waals surface area contributed by atoms with E-state index in [4.69, 9.17) is 28.3 Å². The molecule has 2 aromatic carbocycles. The summed E-state index contributed by atoms with van der Waals surface area (Å²) in [6.45, 7) is 0. The van der Waals surface area contributed by atoms with Gasteiger partial charge in [-0.3, -0.25) is 14.6 Å². The second kappa shape index (κ2) is 8.12. The van der Waals surface area contributed by atoms with E-state index in [1.807, 2.05) is 0 Å². The van der Waals surface area contributed by atoms with Crippen LogP contribution in [-0.2, 0) is 0 Å². The third-order valence-electron chi connectivity index (χ3n) is 3.56. The Balaban J connectivity index is 0.000000161. The number of fused-ring (bicyclic) bond motifs is 2. The van der Waals surface area contributed by atoms with Crippen LogP contribution in [0.25, 0.3) is 22.1 Å². The molecule has 2 N–H and O–H groups in total. The van der Waals surface area contributed by atoms with Crippen LogP contribution in [0.15, 0.2) is 53.6 Å². The minimum absolute atomic E-state index is 0.150. The van der Waals surface area contributed by atoms with Crippen molar-refractivity contribution in [2.75, 3.05) is 0 Å². The first-order chi connectivity index (χ1) is 13.3. The molecule has 2 heterocycles. The van der Waals surface area contributed by atoms with Crippen LogP contribution in [0.5, 0.6) is 0 Å². The lowest BCUT2D eigenvalue weighted by atomic mass is 10.2. The van der Waals surface area contributed by atoms with Crippen molar-refractivity contribution >= 4 is 56.5 Å². The van der Waals surface area contributed by atoms with Crippen molar-refractivity contribution in [3.8, 4) is 0 Å². The summed E-state index contributed by atoms with van der Waals surface area (Å²) in [5, 5.41) is 8.51. The molecule has 0 amide bonds. The first-order valence-electron chi connectivity index (χ1n) is 7.68. The van der Waals surface area contributed by atoms with Crippen molar-refractivity contribution in [3.05, 3.63) is 75.4 Å². The Bertz CT molecular complexity index is 1270. The van der Waals surface area contributed by atoms with Gasteiger partial charge in [0.05, 0.1) is 40.0 Å². The van der Waals surface area contributed by atoms with E-state index in [2.05, 4.69) is 19.9 Å². The van der Waals surface area contributed by atoms with Crippen LogP contribution in [-0.4, -0.2) is 36.3 Å². The lowest BCUT2D eigenvalue weighted by Crippen LogP contribution is -2.05. The largest absolute Gasteiger partial charge is 0.478 e. The second-order valence-corrected chi connectivity index (χ2v) is 6.18. The predicted molar refractivity (Wildman–Crippen MR) is 104 cm³/mol. The van der Waals surface area contributed by atoms with E-state index in [0.717, 1.165) is 6.20 Å². The van der Waals surface area contributed by atoms with E-state index in [-0.39, 0.29) is 11.1 Å². The molecular formula is C18H10Cl2N4O4. The van der Waals surface area contributed by atoms with Crippen LogP contribution in [0.2, 0.25) is 5.15 Å². The lowest BCUT2D eigenvalue weighted by Gasteiger charge is -1.98. The molecule has 0 saturated carbocycles. The molecule has 10 heteroatoms. The molecule has 4 aromatic rings. The van der Waals surface area contributed by atoms with Crippen molar-refractivity contribution < 1.29 is 14.7 Å². The maximum atomic E-state index is 10.9. The van der Waals surface area contributed by atoms with Crippen LogP contribution in [0, 0.1) is 0 Å². The zero-order chi connectivity index (χ0) is 20.3. The highest BCUT2D eigenvalue weighted by atomic mass is 35.5. The van der Waals surface area contributed by atoms with Crippen molar-refractivity contribution in [1.82, 2.24) is 19.9 Å². The summed E-state index contributed by atoms with van der Waals surface area (Å²) in [6, 6.07) is 9.17. The topological polar surface area (TPSA) is 126 Å². The van der Waals surface area contributed by atoms with Gasteiger partial charge in [0.15, 0.2) is 0 Å². The lowest BCUT2D eigenvalue weighted by molar-refractivity contribution is 0.0697. The van der Waals surface area contributed by atoms with E-state index in [9.17, 15) is 14.4 Å². The normalized spacial score (nSPS) is 10.4. The number of carbonyl (C=O) groups excluding carboxylic acids is 1. The summed E-state index contributed by atoms with van der Waals surface area (Å²) >= 11 is 11.0. The van der Waals surface area contributed by atoms with Crippen LogP contribution >= 0.6 is 23.2 Å². The SMILES string of the molecule is O=C(Cl)c1ccc2nc(Cl)cnc2c1.O=C(O)c1ccc2[nH]c(=O)cnc2c1. The molecule has 140 valence electrons. The zero-order valence-corrected chi connectivity index (χ0v) is 15.4. The molecule has 2 aromatic heterocycles. The number of benzene rings is 2. The molecule has 0 atom stereocenters. The van der Waals surface area contributed by atoms with Gasteiger partial charge in [-0.05, 0) is 48.0 Å². The highest BCUT2D eigenvalue weighted by Gasteiger charge is 2.05. The molecule has 4 rings (SSSR count). The molecular weight excluding hydrogens is 407 g/mol. The van der Waals surface area contributed by atoms with E-state index in [0.29, 0.717) is 32.8 Å². The van der Waals surface area contributed by atoms with Gasteiger partial charge >= 0.3 is 5.97 Å². The van der Waals surface area contributed by atoms with E-state index in [1.54, 1.807) is 18.2 Å². The molecule has 8 nitrogen and oxygen atoms in total. The van der Waals surface area contributed by atoms with Crippen molar-refractivity contribution in [3.63, 3.8) is 0 Å². The quantitative estimate of drug-likeness (QED) is 0.480. The molecule has 0 aliphatic rings. The number of hydrogen-bond acceptors (Lipinski definition) is 6. The minimum Gasteiger partial charge on any atom is -0.478 e. The van der Waals surface area contributed by atoms with Gasteiger partial charge in [0.25, 0.3) is 10.8 Å². The summed E-state index contributed by atoms with van der Waals surface area (Å²) in [4.78, 5) is 46.7. The number of hydrogen-bond donors (Lipinski definition) is 2. The van der Waals surface area contributed by atoms with Crippen molar-refractivity contribution in [1.29, 1.82) is 0 Å². The van der Waals surface area contributed by atoms with Crippen molar-refractivity contribution in [2.45, 2.75) is 0 Å². The summed E-state index contributed by atoms with van der Waals surface area (Å²) in [6.07, 6.45) is 2.54. The highest BCUT2D eigenvalue weighted by molar-refractivity contribution is 6.67. The number of carbonyl (C=O) groups is 2. The van der Waals surface area contributed by atoms with Gasteiger partial charge in [-0.2, -0.15) is 0 Å². The fourth-order valence-electron chi connectivity index (χ4n) is 2.28. The van der Waals surface area contributed by atoms with Gasteiger partial charge < -0.3 is 10.1 Å². The minimum atomic E-state index is -1.01. The number of aromatic nitrogens is 4. The van der Waals surface area contributed by atoms with E-state index < -0.39 is 11.2 Å².